The van der Waals surface area contributed by atoms with Crippen LogP contribution in [-0.4, -0.2) is 13.1 Å². The van der Waals surface area contributed by atoms with Crippen LogP contribution in [0.3, 0.4) is 0 Å². The molecule has 1 heterocycles. The van der Waals surface area contributed by atoms with Crippen LogP contribution in [0.1, 0.15) is 50.7 Å². The molecule has 0 radical (unpaired) electrons. The number of rotatable bonds is 1. The molecule has 0 unspecified atom stereocenters. The van der Waals surface area contributed by atoms with Crippen LogP contribution in [0.25, 0.3) is 11.1 Å². The summed E-state index contributed by atoms with van der Waals surface area (Å²) in [7, 11) is 0. The number of nitrogens with zero attached hydrogens (tertiary/aromatic N) is 1. The fraction of sp³-hybridized carbons (Fsp3) is 0.429. The van der Waals surface area contributed by atoms with Gasteiger partial charge in [0.25, 0.3) is 0 Å². The fourth-order valence-corrected chi connectivity index (χ4v) is 4.58. The van der Waals surface area contributed by atoms with Gasteiger partial charge in [0.05, 0.1) is 0 Å². The first-order valence-corrected chi connectivity index (χ1v) is 9.56. The quantitative estimate of drug-likeness (QED) is 0.583. The molecule has 2 aromatic rings. The topological polar surface area (TPSA) is 3.24 Å². The summed E-state index contributed by atoms with van der Waals surface area (Å²) >= 11 is 3.64. The van der Waals surface area contributed by atoms with Crippen molar-refractivity contribution in [2.45, 2.75) is 44.9 Å². The minimum absolute atomic E-state index is 0.0797. The van der Waals surface area contributed by atoms with E-state index in [0.717, 1.165) is 0 Å². The lowest BCUT2D eigenvalue weighted by atomic mass is 9.82. The second kappa shape index (κ2) is 5.66. The number of hydrogen-bond donors (Lipinski definition) is 0. The van der Waals surface area contributed by atoms with Gasteiger partial charge < -0.3 is 4.90 Å². The molecule has 0 atom stereocenters. The van der Waals surface area contributed by atoms with Crippen molar-refractivity contribution in [2.75, 3.05) is 18.0 Å². The zero-order valence-corrected chi connectivity index (χ0v) is 15.6. The predicted molar refractivity (Wildman–Crippen MR) is 102 cm³/mol. The van der Waals surface area contributed by atoms with E-state index in [1.165, 1.54) is 71.2 Å². The number of anilines is 1. The van der Waals surface area contributed by atoms with Gasteiger partial charge in [-0.05, 0) is 59.4 Å². The number of hydrogen-bond acceptors (Lipinski definition) is 1. The van der Waals surface area contributed by atoms with Crippen LogP contribution in [0, 0.1) is 0 Å². The van der Waals surface area contributed by atoms with Crippen molar-refractivity contribution in [3.8, 4) is 11.1 Å². The Morgan fingerprint density at radius 1 is 0.826 bits per heavy atom. The van der Waals surface area contributed by atoms with Crippen molar-refractivity contribution in [2.24, 2.45) is 0 Å². The molecule has 0 spiro atoms. The molecule has 1 nitrogen and oxygen atoms in total. The summed E-state index contributed by atoms with van der Waals surface area (Å²) in [6.07, 6.45) is 5.42. The normalized spacial score (nSPS) is 19.2. The molecule has 0 bridgehead atoms. The summed E-state index contributed by atoms with van der Waals surface area (Å²) in [6, 6.07) is 13.8. The lowest BCUT2D eigenvalue weighted by molar-refractivity contribution is 0.659. The van der Waals surface area contributed by atoms with Crippen LogP contribution in [-0.2, 0) is 5.41 Å². The zero-order chi connectivity index (χ0) is 16.0. The highest BCUT2D eigenvalue weighted by Gasteiger charge is 2.35. The van der Waals surface area contributed by atoms with Gasteiger partial charge in [-0.25, -0.2) is 0 Å². The summed E-state index contributed by atoms with van der Waals surface area (Å²) in [4.78, 5) is 2.59. The van der Waals surface area contributed by atoms with Gasteiger partial charge >= 0.3 is 0 Å². The average Bonchev–Trinajstić information content (AvgIpc) is 2.75. The monoisotopic (exact) mass is 369 g/mol. The Kier molecular flexibility index (Phi) is 3.76. The van der Waals surface area contributed by atoms with E-state index in [9.17, 15) is 0 Å². The first-order valence-electron chi connectivity index (χ1n) is 8.77. The molecule has 120 valence electrons. The standard InChI is InChI=1S/C21H24BrN/c1-21(2)19-13-15(22)7-9-17(19)18-10-8-16(14-20(18)21)23-11-5-3-4-6-12-23/h7-10,13-14H,3-6,11-12H2,1-2H3. The first kappa shape index (κ1) is 15.3. The highest BCUT2D eigenvalue weighted by Crippen LogP contribution is 2.50. The summed E-state index contributed by atoms with van der Waals surface area (Å²) in [6.45, 7) is 7.13. The molecule has 2 aromatic carbocycles. The Balaban J connectivity index is 1.79. The van der Waals surface area contributed by atoms with E-state index in [1.54, 1.807) is 0 Å². The lowest BCUT2D eigenvalue weighted by Crippen LogP contribution is -2.24. The number of benzene rings is 2. The number of fused-ring (bicyclic) bond motifs is 3. The maximum Gasteiger partial charge on any atom is 0.0369 e. The highest BCUT2D eigenvalue weighted by atomic mass is 79.9. The number of halogens is 1. The van der Waals surface area contributed by atoms with Gasteiger partial charge in [0.1, 0.15) is 0 Å². The Morgan fingerprint density at radius 3 is 2.13 bits per heavy atom. The zero-order valence-electron chi connectivity index (χ0n) is 14.0. The molecule has 0 aromatic heterocycles. The molecule has 1 saturated heterocycles. The van der Waals surface area contributed by atoms with Gasteiger partial charge in [-0.3, -0.25) is 0 Å². The van der Waals surface area contributed by atoms with E-state index in [1.807, 2.05) is 0 Å². The first-order chi connectivity index (χ1) is 11.1. The van der Waals surface area contributed by atoms with Crippen molar-refractivity contribution in [3.05, 3.63) is 52.0 Å². The third-order valence-electron chi connectivity index (χ3n) is 5.59. The van der Waals surface area contributed by atoms with Gasteiger partial charge in [0.15, 0.2) is 0 Å². The van der Waals surface area contributed by atoms with Gasteiger partial charge in [-0.2, -0.15) is 0 Å². The molecule has 0 N–H and O–H groups in total. The van der Waals surface area contributed by atoms with Crippen LogP contribution in [0.2, 0.25) is 0 Å². The molecule has 1 aliphatic carbocycles. The van der Waals surface area contributed by atoms with E-state index in [2.05, 4.69) is 71.1 Å². The summed E-state index contributed by atoms with van der Waals surface area (Å²) in [5.74, 6) is 0. The molecule has 1 fully saturated rings. The molecular formula is C21H24BrN. The molecule has 0 amide bonds. The molecule has 0 saturated carbocycles. The van der Waals surface area contributed by atoms with E-state index < -0.39 is 0 Å². The third-order valence-corrected chi connectivity index (χ3v) is 6.09. The van der Waals surface area contributed by atoms with E-state index >= 15 is 0 Å². The third kappa shape index (κ3) is 2.52. The Morgan fingerprint density at radius 2 is 1.43 bits per heavy atom. The Hall–Kier alpha value is -1.28. The van der Waals surface area contributed by atoms with Crippen LogP contribution in [0.5, 0.6) is 0 Å². The molecular weight excluding hydrogens is 346 g/mol. The fourth-order valence-electron chi connectivity index (χ4n) is 4.22. The lowest BCUT2D eigenvalue weighted by Gasteiger charge is -2.26. The van der Waals surface area contributed by atoms with Crippen molar-refractivity contribution < 1.29 is 0 Å². The molecule has 2 heteroatoms. The molecule has 4 rings (SSSR count). The minimum atomic E-state index is 0.0797. The second-order valence-electron chi connectivity index (χ2n) is 7.45. The van der Waals surface area contributed by atoms with Gasteiger partial charge in [0.2, 0.25) is 0 Å². The molecule has 2 aliphatic rings. The van der Waals surface area contributed by atoms with Crippen molar-refractivity contribution >= 4 is 21.6 Å². The van der Waals surface area contributed by atoms with E-state index in [0.29, 0.717) is 0 Å². The predicted octanol–water partition coefficient (Wildman–Crippen LogP) is 6.14. The van der Waals surface area contributed by atoms with Crippen LogP contribution >= 0.6 is 15.9 Å². The van der Waals surface area contributed by atoms with Crippen molar-refractivity contribution in [1.82, 2.24) is 0 Å². The minimum Gasteiger partial charge on any atom is -0.372 e. The highest BCUT2D eigenvalue weighted by molar-refractivity contribution is 9.10. The Bertz CT molecular complexity index is 740. The maximum absolute atomic E-state index is 3.64. The van der Waals surface area contributed by atoms with Gasteiger partial charge in [0, 0.05) is 28.7 Å². The largest absolute Gasteiger partial charge is 0.372 e. The summed E-state index contributed by atoms with van der Waals surface area (Å²) in [5.41, 5.74) is 7.22. The Labute approximate surface area is 147 Å². The SMILES string of the molecule is CC1(C)c2cc(Br)ccc2-c2ccc(N3CCCCCC3)cc21. The maximum atomic E-state index is 3.64. The summed E-state index contributed by atoms with van der Waals surface area (Å²) in [5, 5.41) is 0. The van der Waals surface area contributed by atoms with E-state index in [-0.39, 0.29) is 5.41 Å². The van der Waals surface area contributed by atoms with Crippen LogP contribution in [0.15, 0.2) is 40.9 Å². The van der Waals surface area contributed by atoms with Gasteiger partial charge in [-0.1, -0.05) is 54.8 Å². The smallest absolute Gasteiger partial charge is 0.0369 e. The van der Waals surface area contributed by atoms with E-state index in [4.69, 9.17) is 0 Å². The van der Waals surface area contributed by atoms with Crippen molar-refractivity contribution in [3.63, 3.8) is 0 Å². The molecule has 23 heavy (non-hydrogen) atoms. The second-order valence-corrected chi connectivity index (χ2v) is 8.36. The molecule has 1 aliphatic heterocycles. The van der Waals surface area contributed by atoms with Crippen molar-refractivity contribution in [1.29, 1.82) is 0 Å². The van der Waals surface area contributed by atoms with Crippen LogP contribution < -0.4 is 4.90 Å². The average molecular weight is 370 g/mol. The summed E-state index contributed by atoms with van der Waals surface area (Å²) < 4.78 is 1.17. The van der Waals surface area contributed by atoms with Crippen LogP contribution in [0.4, 0.5) is 5.69 Å². The van der Waals surface area contributed by atoms with Gasteiger partial charge in [-0.15, -0.1) is 0 Å².